The van der Waals surface area contributed by atoms with E-state index in [1.807, 2.05) is 0 Å². The summed E-state index contributed by atoms with van der Waals surface area (Å²) in [6.45, 7) is 11.6. The third-order valence-corrected chi connectivity index (χ3v) is 4.50. The van der Waals surface area contributed by atoms with Crippen molar-refractivity contribution in [2.45, 2.75) is 65.2 Å². The van der Waals surface area contributed by atoms with E-state index >= 15 is 0 Å². The van der Waals surface area contributed by atoms with Crippen LogP contribution in [0.2, 0.25) is 44.5 Å². The molecular formula is C11H30GeSiSn. The predicted octanol–water partition coefficient (Wildman–Crippen LogP) is 4.70. The molecule has 0 aliphatic rings. The zero-order valence-corrected chi connectivity index (χ0v) is 18.0. The molecule has 0 aliphatic heterocycles. The molecule has 0 aromatic rings. The van der Waals surface area contributed by atoms with Crippen molar-refractivity contribution in [3.05, 3.63) is 0 Å². The van der Waals surface area contributed by atoms with Gasteiger partial charge >= 0.3 is 61.5 Å². The van der Waals surface area contributed by atoms with Gasteiger partial charge in [0.1, 0.15) is 0 Å². The van der Waals surface area contributed by atoms with Crippen molar-refractivity contribution in [2.75, 3.05) is 0 Å². The summed E-state index contributed by atoms with van der Waals surface area (Å²) in [7, 11) is -0.0502. The van der Waals surface area contributed by atoms with Gasteiger partial charge in [-0.05, 0) is 5.04 Å². The van der Waals surface area contributed by atoms with Crippen molar-refractivity contribution in [1.29, 1.82) is 0 Å². The Morgan fingerprint density at radius 1 is 0.929 bits per heavy atom. The number of rotatable bonds is 0. The van der Waals surface area contributed by atoms with Gasteiger partial charge in [-0.15, -0.1) is 0 Å². The monoisotopic (exact) mass is 384 g/mol. The second-order valence-electron chi connectivity index (χ2n) is 5.25. The van der Waals surface area contributed by atoms with Crippen LogP contribution in [0.3, 0.4) is 0 Å². The van der Waals surface area contributed by atoms with Gasteiger partial charge in [0.15, 0.2) is 0 Å². The Hall–Kier alpha value is 1.56. The quantitative estimate of drug-likeness (QED) is 0.534. The van der Waals surface area contributed by atoms with Gasteiger partial charge in [-0.3, -0.25) is 0 Å². The molecule has 0 unspecified atom stereocenters. The Labute approximate surface area is 108 Å². The fourth-order valence-electron chi connectivity index (χ4n) is 0. The first-order chi connectivity index (χ1) is 6.09. The normalized spacial score (nSPS) is 10.3. The summed E-state index contributed by atoms with van der Waals surface area (Å²) < 4.78 is 0. The van der Waals surface area contributed by atoms with Crippen LogP contribution < -0.4 is 0 Å². The van der Waals surface area contributed by atoms with Gasteiger partial charge in [0.2, 0.25) is 0 Å². The minimum atomic E-state index is -0.543. The van der Waals surface area contributed by atoms with Gasteiger partial charge in [0.25, 0.3) is 0 Å². The molecule has 0 saturated heterocycles. The van der Waals surface area contributed by atoms with Crippen LogP contribution in [0.25, 0.3) is 0 Å². The first kappa shape index (κ1) is 20.9. The molecule has 0 nitrogen and oxygen atoms in total. The average molecular weight is 382 g/mol. The Morgan fingerprint density at radius 3 is 1.00 bits per heavy atom. The molecule has 0 aromatic heterocycles. The molecule has 0 aromatic carbocycles. The van der Waals surface area contributed by atoms with Crippen molar-refractivity contribution in [3.8, 4) is 0 Å². The molecule has 0 atom stereocenters. The van der Waals surface area contributed by atoms with Crippen molar-refractivity contribution >= 4 is 44.0 Å². The fraction of sp³-hybridized carbons (Fsp3) is 1.00. The molecule has 0 spiro atoms. The maximum absolute atomic E-state index is 2.36. The molecular weight excluding hydrogens is 352 g/mol. The summed E-state index contributed by atoms with van der Waals surface area (Å²) in [6, 6.07) is 0. The molecule has 0 N–H and O–H groups in total. The second kappa shape index (κ2) is 12.6. The summed E-state index contributed by atoms with van der Waals surface area (Å²) >= 11 is -0.0433. The van der Waals surface area contributed by atoms with Crippen molar-refractivity contribution in [3.63, 3.8) is 0 Å². The van der Waals surface area contributed by atoms with Gasteiger partial charge in [0.05, 0.1) is 0 Å². The number of hydrogen-bond donors (Lipinski definition) is 0. The van der Waals surface area contributed by atoms with Gasteiger partial charge in [0, 0.05) is 8.80 Å². The summed E-state index contributed by atoms with van der Waals surface area (Å²) in [6.07, 6.45) is 0. The van der Waals surface area contributed by atoms with Crippen molar-refractivity contribution in [2.24, 2.45) is 0 Å². The van der Waals surface area contributed by atoms with E-state index in [2.05, 4.69) is 60.2 Å². The Balaban J connectivity index is -0.000000147. The van der Waals surface area contributed by atoms with E-state index in [-0.39, 0.29) is 8.80 Å². The van der Waals surface area contributed by atoms with E-state index in [1.165, 1.54) is 0 Å². The van der Waals surface area contributed by atoms with E-state index < -0.39 is 19.8 Å². The molecule has 0 saturated carbocycles. The molecule has 0 amide bonds. The third kappa shape index (κ3) is 37.4. The molecule has 86 valence electrons. The molecule has 3 heteroatoms. The number of hydrogen-bond acceptors (Lipinski definition) is 0. The molecule has 0 fully saturated rings. The van der Waals surface area contributed by atoms with Crippen LogP contribution in [0.1, 0.15) is 20.8 Å². The Morgan fingerprint density at radius 2 is 1.00 bits per heavy atom. The first-order valence-electron chi connectivity index (χ1n) is 5.25. The standard InChI is InChI=1S/C6H15Si.C2H6Ge.3CH3.Sn/c1-6(2,3)7(4)5;1-3-2;;;;/h1-5H3;1-2H3;3*1H3;. The third-order valence-electron chi connectivity index (χ3n) is 1.50. The van der Waals surface area contributed by atoms with Crippen LogP contribution in [0.4, 0.5) is 0 Å². The van der Waals surface area contributed by atoms with Gasteiger partial charge in [-0.1, -0.05) is 33.9 Å². The zero-order valence-electron chi connectivity index (χ0n) is 12.0. The SMILES string of the molecule is C[Si](C)C(C)(C)C.[CH3][Ge][CH3].[CH3][Sn]([CH3])[CH3]. The van der Waals surface area contributed by atoms with Crippen LogP contribution in [0.15, 0.2) is 0 Å². The molecule has 0 heterocycles. The average Bonchev–Trinajstić information content (AvgIpc) is 1.84. The van der Waals surface area contributed by atoms with E-state index in [9.17, 15) is 0 Å². The molecule has 0 bridgehead atoms. The first-order valence-corrected chi connectivity index (χ1v) is 20.5. The van der Waals surface area contributed by atoms with Crippen LogP contribution in [-0.2, 0) is 0 Å². The van der Waals surface area contributed by atoms with Gasteiger partial charge < -0.3 is 0 Å². The topological polar surface area (TPSA) is 0 Å². The van der Waals surface area contributed by atoms with E-state index in [0.29, 0.717) is 20.5 Å². The van der Waals surface area contributed by atoms with Crippen LogP contribution in [0, 0.1) is 0 Å². The summed E-state index contributed by atoms with van der Waals surface area (Å²) in [5.74, 6) is 4.50. The van der Waals surface area contributed by atoms with E-state index in [0.717, 1.165) is 0 Å². The Bertz CT molecular complexity index is 95.2. The fourth-order valence-corrected chi connectivity index (χ4v) is 0. The summed E-state index contributed by atoms with van der Waals surface area (Å²) in [5.41, 5.74) is 0. The molecule has 0 rings (SSSR count). The van der Waals surface area contributed by atoms with Crippen LogP contribution >= 0.6 is 0 Å². The maximum atomic E-state index is 2.36. The van der Waals surface area contributed by atoms with E-state index in [1.54, 1.807) is 0 Å². The summed E-state index contributed by atoms with van der Waals surface area (Å²) in [4.78, 5) is 7.09. The van der Waals surface area contributed by atoms with Crippen molar-refractivity contribution < 1.29 is 0 Å². The molecule has 4 radical (unpaired) electrons. The Kier molecular flexibility index (Phi) is 18.9. The van der Waals surface area contributed by atoms with Crippen LogP contribution in [0.5, 0.6) is 0 Å². The van der Waals surface area contributed by atoms with Gasteiger partial charge in [-0.2, -0.15) is 0 Å². The molecule has 0 aliphatic carbocycles. The second-order valence-corrected chi connectivity index (χ2v) is 19.4. The molecule has 14 heavy (non-hydrogen) atoms. The minimum absolute atomic E-state index is 0.0502. The predicted molar refractivity (Wildman–Crippen MR) is 78.0 cm³/mol. The van der Waals surface area contributed by atoms with E-state index in [4.69, 9.17) is 0 Å². The van der Waals surface area contributed by atoms with Crippen molar-refractivity contribution in [1.82, 2.24) is 0 Å². The van der Waals surface area contributed by atoms with Crippen LogP contribution in [-0.4, -0.2) is 44.0 Å². The van der Waals surface area contributed by atoms with Gasteiger partial charge in [-0.25, -0.2) is 0 Å². The zero-order chi connectivity index (χ0) is 12.4. The summed E-state index contributed by atoms with van der Waals surface area (Å²) in [5, 5.41) is 0.602.